The van der Waals surface area contributed by atoms with E-state index in [0.29, 0.717) is 39.3 Å². The van der Waals surface area contributed by atoms with Gasteiger partial charge in [-0.2, -0.15) is 4.31 Å². The Balaban J connectivity index is 1.55. The molecule has 2 aromatic rings. The van der Waals surface area contributed by atoms with Crippen LogP contribution in [0.25, 0.3) is 0 Å². The van der Waals surface area contributed by atoms with Crippen LogP contribution in [0.15, 0.2) is 47.4 Å². The molecule has 0 aliphatic carbocycles. The first kappa shape index (κ1) is 32.7. The highest BCUT2D eigenvalue weighted by Crippen LogP contribution is 2.29. The molecular weight excluding hydrogens is 573 g/mol. The Bertz CT molecular complexity index is 1260. The zero-order valence-corrected chi connectivity index (χ0v) is 25.0. The van der Waals surface area contributed by atoms with Gasteiger partial charge >= 0.3 is 6.03 Å². The molecule has 226 valence electrons. The quantitative estimate of drug-likeness (QED) is 0.167. The van der Waals surface area contributed by atoms with Crippen molar-refractivity contribution in [3.05, 3.63) is 69.0 Å². The van der Waals surface area contributed by atoms with Gasteiger partial charge in [0.05, 0.1) is 9.82 Å². The summed E-state index contributed by atoms with van der Waals surface area (Å²) in [5, 5.41) is 14.1. The lowest BCUT2D eigenvalue weighted by atomic mass is 10.1. The van der Waals surface area contributed by atoms with Crippen molar-refractivity contribution in [1.29, 1.82) is 0 Å². The van der Waals surface area contributed by atoms with E-state index in [1.807, 2.05) is 0 Å². The zero-order valence-electron chi connectivity index (χ0n) is 23.4. The number of hydrogen-bond donors (Lipinski definition) is 1. The van der Waals surface area contributed by atoms with E-state index in [-0.39, 0.29) is 34.9 Å². The van der Waals surface area contributed by atoms with E-state index in [2.05, 4.69) is 17.1 Å². The van der Waals surface area contributed by atoms with Crippen LogP contribution in [-0.2, 0) is 16.6 Å². The highest BCUT2D eigenvalue weighted by atomic mass is 35.5. The van der Waals surface area contributed by atoms with E-state index < -0.39 is 20.6 Å². The predicted molar refractivity (Wildman–Crippen MR) is 157 cm³/mol. The minimum atomic E-state index is -3.93. The van der Waals surface area contributed by atoms with Gasteiger partial charge in [-0.05, 0) is 36.2 Å². The summed E-state index contributed by atoms with van der Waals surface area (Å²) in [7, 11) is -3.93. The largest absolute Gasteiger partial charge is 0.338 e. The van der Waals surface area contributed by atoms with Crippen molar-refractivity contribution in [3.63, 3.8) is 0 Å². The molecule has 3 rings (SSSR count). The van der Waals surface area contributed by atoms with Crippen LogP contribution in [0.2, 0.25) is 5.02 Å². The van der Waals surface area contributed by atoms with Crippen LogP contribution in [0.3, 0.4) is 0 Å². The highest BCUT2D eigenvalue weighted by Gasteiger charge is 2.30. The third-order valence-corrected chi connectivity index (χ3v) is 9.36. The number of hydrogen-bond acceptors (Lipinski definition) is 6. The summed E-state index contributed by atoms with van der Waals surface area (Å²) in [5.41, 5.74) is 0.358. The molecule has 10 nitrogen and oxygen atoms in total. The van der Waals surface area contributed by atoms with Gasteiger partial charge in [0.2, 0.25) is 10.0 Å². The molecule has 0 unspecified atom stereocenters. The summed E-state index contributed by atoms with van der Waals surface area (Å²) in [6, 6.07) is 9.36. The number of amides is 2. The van der Waals surface area contributed by atoms with Gasteiger partial charge < -0.3 is 10.2 Å². The monoisotopic (exact) mass is 611 g/mol. The first-order valence-corrected chi connectivity index (χ1v) is 15.9. The number of rotatable bonds is 15. The summed E-state index contributed by atoms with van der Waals surface area (Å²) < 4.78 is 40.9. The molecule has 0 atom stereocenters. The minimum Gasteiger partial charge on any atom is -0.338 e. The summed E-state index contributed by atoms with van der Waals surface area (Å²) in [5.74, 6) is -0.339. The molecule has 1 N–H and O–H groups in total. The van der Waals surface area contributed by atoms with Gasteiger partial charge in [0.15, 0.2) is 0 Å². The fourth-order valence-corrected chi connectivity index (χ4v) is 6.30. The number of carbonyl (C=O) groups excluding carboxylic acids is 1. The Morgan fingerprint density at radius 2 is 1.71 bits per heavy atom. The first-order chi connectivity index (χ1) is 19.6. The van der Waals surface area contributed by atoms with Crippen LogP contribution in [0.1, 0.15) is 51.0 Å². The van der Waals surface area contributed by atoms with Gasteiger partial charge in [-0.1, -0.05) is 62.8 Å². The molecule has 13 heteroatoms. The molecule has 0 saturated carbocycles. The second kappa shape index (κ2) is 16.0. The van der Waals surface area contributed by atoms with Gasteiger partial charge in [0.1, 0.15) is 10.8 Å². The third-order valence-electron chi connectivity index (χ3n) is 7.15. The number of nitro benzene ring substituents is 1. The number of unbranched alkanes of at least 4 members (excludes halogenated alkanes) is 5. The van der Waals surface area contributed by atoms with E-state index in [1.165, 1.54) is 47.8 Å². The number of nitrogens with one attached hydrogen (secondary N) is 1. The Morgan fingerprint density at radius 1 is 1.05 bits per heavy atom. The Kier molecular flexibility index (Phi) is 12.8. The maximum absolute atomic E-state index is 13.4. The van der Waals surface area contributed by atoms with E-state index >= 15 is 0 Å². The second-order valence-corrected chi connectivity index (χ2v) is 12.5. The lowest BCUT2D eigenvalue weighted by molar-refractivity contribution is -0.384. The number of piperazine rings is 1. The molecule has 1 aliphatic rings. The summed E-state index contributed by atoms with van der Waals surface area (Å²) in [6.07, 6.45) is 6.74. The summed E-state index contributed by atoms with van der Waals surface area (Å²) >= 11 is 5.84. The topological polar surface area (TPSA) is 116 Å². The molecule has 0 spiro atoms. The number of nitrogens with zero attached hydrogens (tertiary/aromatic N) is 4. The van der Waals surface area contributed by atoms with Gasteiger partial charge in [0.25, 0.3) is 5.69 Å². The fourth-order valence-electron chi connectivity index (χ4n) is 4.67. The van der Waals surface area contributed by atoms with Crippen LogP contribution in [0.5, 0.6) is 0 Å². The number of halogens is 2. The van der Waals surface area contributed by atoms with Gasteiger partial charge in [0, 0.05) is 58.4 Å². The predicted octanol–water partition coefficient (Wildman–Crippen LogP) is 5.27. The smallest absolute Gasteiger partial charge is 0.317 e. The molecule has 0 aromatic heterocycles. The van der Waals surface area contributed by atoms with Crippen molar-refractivity contribution in [2.45, 2.75) is 56.9 Å². The van der Waals surface area contributed by atoms with Crippen molar-refractivity contribution in [3.8, 4) is 0 Å². The normalized spacial score (nSPS) is 14.6. The second-order valence-electron chi connectivity index (χ2n) is 10.2. The molecule has 1 heterocycles. The van der Waals surface area contributed by atoms with Crippen molar-refractivity contribution in [2.24, 2.45) is 0 Å². The Hall–Kier alpha value is -2.80. The van der Waals surface area contributed by atoms with Crippen molar-refractivity contribution in [1.82, 2.24) is 19.4 Å². The molecule has 0 radical (unpaired) electrons. The van der Waals surface area contributed by atoms with Crippen LogP contribution >= 0.6 is 11.6 Å². The molecule has 1 aliphatic heterocycles. The number of carbonyl (C=O) groups is 1. The summed E-state index contributed by atoms with van der Waals surface area (Å²) in [6.45, 7) is 5.34. The molecule has 2 aromatic carbocycles. The third kappa shape index (κ3) is 9.91. The molecule has 0 bridgehead atoms. The van der Waals surface area contributed by atoms with Gasteiger partial charge in [-0.3, -0.25) is 15.0 Å². The standard InChI is InChI=1S/C28H39ClFN5O5S/c1-2-3-4-5-6-7-14-31-28(36)33(22-23-8-10-24(30)11-9-23)18-15-32-16-19-34(20-17-32)41(39,40)25-12-13-26(29)27(21-25)35(37)38/h8-13,21H,2-7,14-20,22H2,1H3,(H,31,36). The first-order valence-electron chi connectivity index (χ1n) is 14.1. The zero-order chi connectivity index (χ0) is 29.8. The van der Waals surface area contributed by atoms with Crippen LogP contribution in [0.4, 0.5) is 14.9 Å². The molecule has 41 heavy (non-hydrogen) atoms. The van der Waals surface area contributed by atoms with Crippen molar-refractivity contribution < 1.29 is 22.5 Å². The maximum atomic E-state index is 13.4. The fraction of sp³-hybridized carbons (Fsp3) is 0.536. The van der Waals surface area contributed by atoms with Crippen LogP contribution in [-0.4, -0.2) is 79.3 Å². The van der Waals surface area contributed by atoms with Crippen molar-refractivity contribution >= 4 is 33.3 Å². The lowest BCUT2D eigenvalue weighted by Crippen LogP contribution is -2.51. The molecule has 2 amide bonds. The van der Waals surface area contributed by atoms with E-state index in [1.54, 1.807) is 17.0 Å². The van der Waals surface area contributed by atoms with E-state index in [4.69, 9.17) is 11.6 Å². The summed E-state index contributed by atoms with van der Waals surface area (Å²) in [4.78, 5) is 27.1. The number of nitro groups is 1. The Morgan fingerprint density at radius 3 is 2.37 bits per heavy atom. The average molecular weight is 612 g/mol. The average Bonchev–Trinajstić information content (AvgIpc) is 2.95. The minimum absolute atomic E-state index is 0.125. The van der Waals surface area contributed by atoms with Gasteiger partial charge in [-0.25, -0.2) is 17.6 Å². The molecule has 1 saturated heterocycles. The molecule has 1 fully saturated rings. The van der Waals surface area contributed by atoms with Gasteiger partial charge in [-0.15, -0.1) is 0 Å². The number of benzene rings is 2. The maximum Gasteiger partial charge on any atom is 0.317 e. The number of urea groups is 1. The van der Waals surface area contributed by atoms with Crippen molar-refractivity contribution in [2.75, 3.05) is 45.8 Å². The lowest BCUT2D eigenvalue weighted by Gasteiger charge is -2.35. The van der Waals surface area contributed by atoms with Crippen LogP contribution < -0.4 is 5.32 Å². The van der Waals surface area contributed by atoms with E-state index in [0.717, 1.165) is 30.9 Å². The molecular formula is C28H39ClFN5O5S. The highest BCUT2D eigenvalue weighted by molar-refractivity contribution is 7.89. The number of sulfonamides is 1. The Labute approximate surface area is 246 Å². The SMILES string of the molecule is CCCCCCCCNC(=O)N(CCN1CCN(S(=O)(=O)c2ccc(Cl)c([N+](=O)[O-])c2)CC1)Cc1ccc(F)cc1. The van der Waals surface area contributed by atoms with Crippen LogP contribution in [0, 0.1) is 15.9 Å². The van der Waals surface area contributed by atoms with E-state index in [9.17, 15) is 27.7 Å².